The number of hydrogen-bond acceptors (Lipinski definition) is 3. The molecule has 0 bridgehead atoms. The molecule has 0 spiro atoms. The van der Waals surface area contributed by atoms with Crippen molar-refractivity contribution in [2.45, 2.75) is 33.7 Å². The van der Waals surface area contributed by atoms with Crippen LogP contribution in [0.25, 0.3) is 0 Å². The van der Waals surface area contributed by atoms with Crippen molar-refractivity contribution < 1.29 is 19.4 Å². The number of anilines is 1. The Morgan fingerprint density at radius 3 is 2.57 bits per heavy atom. The smallest absolute Gasteiger partial charge is 0.341 e. The van der Waals surface area contributed by atoms with E-state index in [1.165, 1.54) is 0 Å². The van der Waals surface area contributed by atoms with E-state index < -0.39 is 12.6 Å². The van der Waals surface area contributed by atoms with E-state index in [0.717, 1.165) is 0 Å². The second-order valence-corrected chi connectivity index (χ2v) is 5.90. The highest BCUT2D eigenvalue weighted by molar-refractivity contribution is 5.89. The lowest BCUT2D eigenvalue weighted by atomic mass is 9.88. The monoisotopic (exact) mass is 294 g/mol. The average molecular weight is 294 g/mol. The van der Waals surface area contributed by atoms with Gasteiger partial charge in [0.2, 0.25) is 0 Å². The van der Waals surface area contributed by atoms with Gasteiger partial charge in [0.05, 0.1) is 0 Å². The highest BCUT2D eigenvalue weighted by atomic mass is 16.5. The summed E-state index contributed by atoms with van der Waals surface area (Å²) in [5.41, 5.74) is 0.501. The molecule has 0 fully saturated rings. The molecule has 1 aromatic rings. The van der Waals surface area contributed by atoms with Crippen molar-refractivity contribution in [3.63, 3.8) is 0 Å². The minimum absolute atomic E-state index is 0.00365. The van der Waals surface area contributed by atoms with E-state index in [1.807, 2.05) is 27.7 Å². The quantitative estimate of drug-likeness (QED) is 0.779. The molecule has 6 nitrogen and oxygen atoms in total. The van der Waals surface area contributed by atoms with E-state index in [0.29, 0.717) is 11.4 Å². The van der Waals surface area contributed by atoms with E-state index in [1.54, 1.807) is 24.3 Å². The highest BCUT2D eigenvalue weighted by Gasteiger charge is 2.21. The zero-order valence-corrected chi connectivity index (χ0v) is 12.8. The molecule has 0 aliphatic rings. The average Bonchev–Trinajstić information content (AvgIpc) is 2.35. The molecular weight excluding hydrogens is 272 g/mol. The molecule has 116 valence electrons. The number of amides is 2. The third kappa shape index (κ3) is 6.16. The molecule has 0 aromatic heterocycles. The first-order valence-electron chi connectivity index (χ1n) is 6.70. The zero-order chi connectivity index (χ0) is 16.0. The molecule has 2 amide bonds. The molecule has 1 unspecified atom stereocenters. The number of urea groups is 1. The summed E-state index contributed by atoms with van der Waals surface area (Å²) in [5.74, 6) is -0.663. The van der Waals surface area contributed by atoms with Crippen LogP contribution in [0.15, 0.2) is 24.3 Å². The summed E-state index contributed by atoms with van der Waals surface area (Å²) in [7, 11) is 0. The first-order chi connectivity index (χ1) is 9.68. The molecule has 0 saturated heterocycles. The summed E-state index contributed by atoms with van der Waals surface area (Å²) < 4.78 is 5.05. The number of rotatable bonds is 5. The van der Waals surface area contributed by atoms with Gasteiger partial charge >= 0.3 is 12.0 Å². The molecule has 1 rings (SSSR count). The van der Waals surface area contributed by atoms with Gasteiger partial charge in [-0.25, -0.2) is 9.59 Å². The van der Waals surface area contributed by atoms with Crippen LogP contribution in [0.3, 0.4) is 0 Å². The number of hydrogen-bond donors (Lipinski definition) is 3. The molecule has 0 radical (unpaired) electrons. The molecule has 21 heavy (non-hydrogen) atoms. The van der Waals surface area contributed by atoms with Crippen LogP contribution in [0.1, 0.15) is 27.7 Å². The summed E-state index contributed by atoms with van der Waals surface area (Å²) >= 11 is 0. The van der Waals surface area contributed by atoms with Gasteiger partial charge < -0.3 is 20.5 Å². The summed E-state index contributed by atoms with van der Waals surface area (Å²) in [6.07, 6.45) is 0. The predicted molar refractivity (Wildman–Crippen MR) is 80.6 cm³/mol. The van der Waals surface area contributed by atoms with Crippen LogP contribution in [0.2, 0.25) is 0 Å². The SMILES string of the molecule is CC(NC(=O)Nc1cccc(OCC(=O)O)c1)C(C)(C)C. The number of carboxylic acids is 1. The maximum Gasteiger partial charge on any atom is 0.341 e. The Hall–Kier alpha value is -2.24. The highest BCUT2D eigenvalue weighted by Crippen LogP contribution is 2.20. The summed E-state index contributed by atoms with van der Waals surface area (Å²) in [4.78, 5) is 22.3. The van der Waals surface area contributed by atoms with Gasteiger partial charge in [-0.2, -0.15) is 0 Å². The van der Waals surface area contributed by atoms with Crippen LogP contribution in [0.4, 0.5) is 10.5 Å². The van der Waals surface area contributed by atoms with Crippen molar-refractivity contribution in [1.82, 2.24) is 5.32 Å². The lowest BCUT2D eigenvalue weighted by Crippen LogP contribution is -2.43. The van der Waals surface area contributed by atoms with Gasteiger partial charge in [0, 0.05) is 17.8 Å². The second-order valence-electron chi connectivity index (χ2n) is 5.90. The number of benzene rings is 1. The second kappa shape index (κ2) is 6.97. The van der Waals surface area contributed by atoms with Crippen LogP contribution in [0.5, 0.6) is 5.75 Å². The third-order valence-corrected chi connectivity index (χ3v) is 3.10. The van der Waals surface area contributed by atoms with Gasteiger partial charge in [0.25, 0.3) is 0 Å². The Morgan fingerprint density at radius 1 is 1.33 bits per heavy atom. The summed E-state index contributed by atoms with van der Waals surface area (Å²) in [5, 5.41) is 14.1. The normalized spacial score (nSPS) is 12.4. The van der Waals surface area contributed by atoms with Crippen molar-refractivity contribution in [1.29, 1.82) is 0 Å². The van der Waals surface area contributed by atoms with E-state index in [4.69, 9.17) is 9.84 Å². The van der Waals surface area contributed by atoms with E-state index in [2.05, 4.69) is 10.6 Å². The number of carboxylic acid groups (broad SMARTS) is 1. The molecule has 1 atom stereocenters. The number of carbonyl (C=O) groups excluding carboxylic acids is 1. The first kappa shape index (κ1) is 16.8. The van der Waals surface area contributed by atoms with Gasteiger partial charge in [-0.15, -0.1) is 0 Å². The maximum absolute atomic E-state index is 11.9. The molecule has 3 N–H and O–H groups in total. The summed E-state index contributed by atoms with van der Waals surface area (Å²) in [6.45, 7) is 7.64. The third-order valence-electron chi connectivity index (χ3n) is 3.10. The predicted octanol–water partition coefficient (Wildman–Crippen LogP) is 2.71. The fourth-order valence-electron chi connectivity index (χ4n) is 1.39. The Labute approximate surface area is 124 Å². The summed E-state index contributed by atoms with van der Waals surface area (Å²) in [6, 6.07) is 6.28. The van der Waals surface area contributed by atoms with Crippen molar-refractivity contribution in [3.8, 4) is 5.75 Å². The lowest BCUT2D eigenvalue weighted by Gasteiger charge is -2.28. The van der Waals surface area contributed by atoms with Crippen molar-refractivity contribution in [3.05, 3.63) is 24.3 Å². The fraction of sp³-hybridized carbons (Fsp3) is 0.467. The van der Waals surface area contributed by atoms with Crippen molar-refractivity contribution in [2.75, 3.05) is 11.9 Å². The Morgan fingerprint density at radius 2 is 2.00 bits per heavy atom. The van der Waals surface area contributed by atoms with Gasteiger partial charge in [0.15, 0.2) is 6.61 Å². The lowest BCUT2D eigenvalue weighted by molar-refractivity contribution is -0.139. The van der Waals surface area contributed by atoms with Crippen molar-refractivity contribution >= 4 is 17.7 Å². The van der Waals surface area contributed by atoms with Crippen molar-refractivity contribution in [2.24, 2.45) is 5.41 Å². The largest absolute Gasteiger partial charge is 0.482 e. The van der Waals surface area contributed by atoms with Gasteiger partial charge in [-0.05, 0) is 24.5 Å². The van der Waals surface area contributed by atoms with Gasteiger partial charge in [-0.3, -0.25) is 0 Å². The molecule has 1 aromatic carbocycles. The number of carbonyl (C=O) groups is 2. The van der Waals surface area contributed by atoms with Crippen LogP contribution >= 0.6 is 0 Å². The van der Waals surface area contributed by atoms with E-state index in [-0.39, 0.29) is 17.5 Å². The molecule has 6 heteroatoms. The fourth-order valence-corrected chi connectivity index (χ4v) is 1.39. The minimum atomic E-state index is -1.05. The van der Waals surface area contributed by atoms with Gasteiger partial charge in [0.1, 0.15) is 5.75 Å². The minimum Gasteiger partial charge on any atom is -0.482 e. The Kier molecular flexibility index (Phi) is 5.58. The van der Waals surface area contributed by atoms with E-state index >= 15 is 0 Å². The first-order valence-corrected chi connectivity index (χ1v) is 6.70. The van der Waals surface area contributed by atoms with Crippen LogP contribution < -0.4 is 15.4 Å². The number of ether oxygens (including phenoxy) is 1. The number of nitrogens with one attached hydrogen (secondary N) is 2. The molecule has 0 aliphatic heterocycles. The van der Waals surface area contributed by atoms with Gasteiger partial charge in [-0.1, -0.05) is 26.8 Å². The molecular formula is C15H22N2O4. The Balaban J connectivity index is 2.60. The molecule has 0 aliphatic carbocycles. The molecule has 0 heterocycles. The van der Waals surface area contributed by atoms with E-state index in [9.17, 15) is 9.59 Å². The standard InChI is InChI=1S/C15H22N2O4/c1-10(15(2,3)4)16-14(20)17-11-6-5-7-12(8-11)21-9-13(18)19/h5-8,10H,9H2,1-4H3,(H,18,19)(H2,16,17,20). The van der Waals surface area contributed by atoms with Crippen LogP contribution in [-0.4, -0.2) is 29.8 Å². The number of aliphatic carboxylic acids is 1. The maximum atomic E-state index is 11.9. The van der Waals surface area contributed by atoms with Crippen LogP contribution in [-0.2, 0) is 4.79 Å². The van der Waals surface area contributed by atoms with Crippen LogP contribution in [0, 0.1) is 5.41 Å². The topological polar surface area (TPSA) is 87.7 Å². The Bertz CT molecular complexity index is 509. The molecule has 0 saturated carbocycles. The zero-order valence-electron chi connectivity index (χ0n) is 12.8.